The molecule has 0 saturated carbocycles. The number of ether oxygens (including phenoxy) is 1. The van der Waals surface area contributed by atoms with Crippen LogP contribution in [0.3, 0.4) is 0 Å². The first-order valence-electron chi connectivity index (χ1n) is 8.71. The van der Waals surface area contributed by atoms with E-state index in [2.05, 4.69) is 15.3 Å². The molecule has 0 fully saturated rings. The molecule has 0 radical (unpaired) electrons. The molecule has 2 aromatic heterocycles. The number of benzene rings is 1. The summed E-state index contributed by atoms with van der Waals surface area (Å²) >= 11 is 0. The van der Waals surface area contributed by atoms with Gasteiger partial charge in [0.1, 0.15) is 12.9 Å². The van der Waals surface area contributed by atoms with Crippen molar-refractivity contribution in [1.82, 2.24) is 24.4 Å². The first-order chi connectivity index (χ1) is 14.1. The molecule has 3 aromatic rings. The normalized spacial score (nSPS) is 11.5. The molecule has 0 bridgehead atoms. The predicted molar refractivity (Wildman–Crippen MR) is 100 cm³/mol. The van der Waals surface area contributed by atoms with Crippen LogP contribution in [0.5, 0.6) is 0 Å². The van der Waals surface area contributed by atoms with E-state index in [1.54, 1.807) is 7.05 Å². The van der Waals surface area contributed by atoms with Gasteiger partial charge in [0.25, 0.3) is 5.56 Å². The summed E-state index contributed by atoms with van der Waals surface area (Å²) in [5.74, 6) is -0.479. The Balaban J connectivity index is 1.49. The number of hydrogen-bond acceptors (Lipinski definition) is 6. The molecule has 12 heteroatoms. The van der Waals surface area contributed by atoms with Gasteiger partial charge in [-0.1, -0.05) is 12.1 Å². The van der Waals surface area contributed by atoms with E-state index < -0.39 is 29.3 Å². The van der Waals surface area contributed by atoms with Crippen molar-refractivity contribution in [2.24, 2.45) is 7.05 Å². The van der Waals surface area contributed by atoms with Gasteiger partial charge in [0, 0.05) is 13.6 Å². The van der Waals surface area contributed by atoms with Gasteiger partial charge in [-0.25, -0.2) is 14.8 Å². The number of carbonyl (C=O) groups is 1. The summed E-state index contributed by atoms with van der Waals surface area (Å²) in [4.78, 5) is 32.1. The van der Waals surface area contributed by atoms with E-state index in [0.29, 0.717) is 5.56 Å². The Morgan fingerprint density at radius 1 is 1.20 bits per heavy atom. The van der Waals surface area contributed by atoms with Gasteiger partial charge >= 0.3 is 12.3 Å². The Morgan fingerprint density at radius 2 is 1.87 bits per heavy atom. The Morgan fingerprint density at radius 3 is 2.53 bits per heavy atom. The van der Waals surface area contributed by atoms with E-state index >= 15 is 0 Å². The molecule has 2 N–H and O–H groups in total. The largest absolute Gasteiger partial charge is 0.416 e. The third-order valence-corrected chi connectivity index (χ3v) is 4.19. The minimum absolute atomic E-state index is 0.0972. The van der Waals surface area contributed by atoms with E-state index in [0.717, 1.165) is 16.7 Å². The third kappa shape index (κ3) is 4.82. The van der Waals surface area contributed by atoms with Crippen molar-refractivity contribution in [1.29, 1.82) is 5.41 Å². The second-order valence-electron chi connectivity index (χ2n) is 6.39. The molecule has 1 amide bonds. The fourth-order valence-corrected chi connectivity index (χ4v) is 2.69. The van der Waals surface area contributed by atoms with Gasteiger partial charge in [-0.15, -0.1) is 0 Å². The molecule has 9 nitrogen and oxygen atoms in total. The second-order valence-corrected chi connectivity index (χ2v) is 6.39. The van der Waals surface area contributed by atoms with Crippen LogP contribution in [0, 0.1) is 5.41 Å². The topological polar surface area (TPSA) is 115 Å². The summed E-state index contributed by atoms with van der Waals surface area (Å²) in [5.41, 5.74) is -0.0591. The van der Waals surface area contributed by atoms with Crippen LogP contribution in [0.25, 0.3) is 11.2 Å². The zero-order chi connectivity index (χ0) is 21.9. The number of amides is 1. The summed E-state index contributed by atoms with van der Waals surface area (Å²) in [7, 11) is 1.63. The summed E-state index contributed by atoms with van der Waals surface area (Å²) in [6.07, 6.45) is -2.39. The van der Waals surface area contributed by atoms with Crippen molar-refractivity contribution < 1.29 is 22.7 Å². The summed E-state index contributed by atoms with van der Waals surface area (Å²) in [6.45, 7) is -0.209. The fraction of sp³-hybridized carbons (Fsp3) is 0.278. The molecule has 0 saturated heterocycles. The summed E-state index contributed by atoms with van der Waals surface area (Å²) in [6, 6.07) is 4.58. The van der Waals surface area contributed by atoms with Crippen molar-refractivity contribution in [3.8, 4) is 0 Å². The molecule has 0 atom stereocenters. The molecule has 158 valence electrons. The molecule has 0 spiro atoms. The van der Waals surface area contributed by atoms with Gasteiger partial charge in [0.05, 0.1) is 11.9 Å². The van der Waals surface area contributed by atoms with Crippen LogP contribution in [0.4, 0.5) is 18.0 Å². The number of alkyl carbamates (subject to hydrolysis) is 1. The predicted octanol–water partition coefficient (Wildman–Crippen LogP) is 2.09. The van der Waals surface area contributed by atoms with Gasteiger partial charge in [0.15, 0.2) is 11.2 Å². The van der Waals surface area contributed by atoms with E-state index in [4.69, 9.17) is 10.1 Å². The minimum atomic E-state index is -4.40. The SMILES string of the molecule is Cn1cnc2ncn(CC(=N)OC(=O)NCCc3ccc(C(F)(F)F)cc3)c(=O)c21. The van der Waals surface area contributed by atoms with Gasteiger partial charge in [-0.3, -0.25) is 14.8 Å². The number of carbonyl (C=O) groups excluding carboxylic acids is 1. The molecule has 3 rings (SSSR count). The number of aryl methyl sites for hydroxylation is 1. The summed E-state index contributed by atoms with van der Waals surface area (Å²) in [5, 5.41) is 10.2. The van der Waals surface area contributed by atoms with Crippen LogP contribution in [0.15, 0.2) is 41.7 Å². The van der Waals surface area contributed by atoms with Crippen LogP contribution in [0.1, 0.15) is 11.1 Å². The lowest BCUT2D eigenvalue weighted by molar-refractivity contribution is -0.137. The maximum absolute atomic E-state index is 12.5. The third-order valence-electron chi connectivity index (χ3n) is 4.19. The highest BCUT2D eigenvalue weighted by atomic mass is 19.4. The quantitative estimate of drug-likeness (QED) is 0.483. The Labute approximate surface area is 167 Å². The maximum Gasteiger partial charge on any atom is 0.416 e. The molecule has 1 aromatic carbocycles. The number of nitrogens with zero attached hydrogens (tertiary/aromatic N) is 4. The van der Waals surface area contributed by atoms with Gasteiger partial charge in [0.2, 0.25) is 5.90 Å². The first kappa shape index (κ1) is 21.0. The average Bonchev–Trinajstić information content (AvgIpc) is 3.05. The van der Waals surface area contributed by atoms with E-state index in [1.165, 1.54) is 29.4 Å². The van der Waals surface area contributed by atoms with Gasteiger partial charge < -0.3 is 14.6 Å². The van der Waals surface area contributed by atoms with Crippen LogP contribution in [-0.2, 0) is 30.9 Å². The molecular formula is C18H17F3N6O3. The molecule has 30 heavy (non-hydrogen) atoms. The van der Waals surface area contributed by atoms with Crippen LogP contribution < -0.4 is 10.9 Å². The van der Waals surface area contributed by atoms with Crippen molar-refractivity contribution >= 4 is 23.2 Å². The maximum atomic E-state index is 12.5. The molecule has 0 aliphatic rings. The first-order valence-corrected chi connectivity index (χ1v) is 8.71. The van der Waals surface area contributed by atoms with Gasteiger partial charge in [-0.2, -0.15) is 13.2 Å². The number of rotatable bonds is 5. The Hall–Kier alpha value is -3.70. The zero-order valence-electron chi connectivity index (χ0n) is 15.7. The number of imidazole rings is 1. The van der Waals surface area contributed by atoms with E-state index in [9.17, 15) is 22.8 Å². The van der Waals surface area contributed by atoms with E-state index in [1.807, 2.05) is 0 Å². The Kier molecular flexibility index (Phi) is 5.85. The highest BCUT2D eigenvalue weighted by Crippen LogP contribution is 2.29. The molecule has 2 heterocycles. The highest BCUT2D eigenvalue weighted by Gasteiger charge is 2.29. The van der Waals surface area contributed by atoms with E-state index in [-0.39, 0.29) is 30.7 Å². The highest BCUT2D eigenvalue weighted by molar-refractivity contribution is 5.86. The smallest absolute Gasteiger partial charge is 0.394 e. The second kappa shape index (κ2) is 8.35. The number of hydrogen-bond donors (Lipinski definition) is 2. The zero-order valence-corrected chi connectivity index (χ0v) is 15.7. The lowest BCUT2D eigenvalue weighted by atomic mass is 10.1. The molecular weight excluding hydrogens is 405 g/mol. The van der Waals surface area contributed by atoms with Crippen molar-refractivity contribution in [2.75, 3.05) is 6.54 Å². The average molecular weight is 422 g/mol. The van der Waals surface area contributed by atoms with Crippen LogP contribution in [-0.4, -0.2) is 37.6 Å². The van der Waals surface area contributed by atoms with Crippen molar-refractivity contribution in [3.05, 3.63) is 58.4 Å². The number of fused-ring (bicyclic) bond motifs is 1. The van der Waals surface area contributed by atoms with Crippen LogP contribution >= 0.6 is 0 Å². The van der Waals surface area contributed by atoms with Crippen molar-refractivity contribution in [3.63, 3.8) is 0 Å². The minimum Gasteiger partial charge on any atom is -0.394 e. The molecule has 0 aliphatic carbocycles. The molecule has 0 unspecified atom stereocenters. The van der Waals surface area contributed by atoms with Gasteiger partial charge in [-0.05, 0) is 24.1 Å². The summed E-state index contributed by atoms with van der Waals surface area (Å²) < 4.78 is 45.0. The molecule has 0 aliphatic heterocycles. The number of nitrogens with one attached hydrogen (secondary N) is 2. The standard InChI is InChI=1S/C18H17F3N6O3/c1-26-9-24-15-14(26)16(28)27(10-25-15)8-13(22)30-17(29)23-7-6-11-2-4-12(5-3-11)18(19,20)21/h2-5,9-10,22H,6-8H2,1H3,(H,23,29). The lowest BCUT2D eigenvalue weighted by Crippen LogP contribution is -2.32. The number of halogens is 3. The lowest BCUT2D eigenvalue weighted by Gasteiger charge is -2.10. The fourth-order valence-electron chi connectivity index (χ4n) is 2.69. The van der Waals surface area contributed by atoms with Crippen molar-refractivity contribution in [2.45, 2.75) is 19.1 Å². The number of aromatic nitrogens is 4. The monoisotopic (exact) mass is 422 g/mol. The van der Waals surface area contributed by atoms with Crippen LogP contribution in [0.2, 0.25) is 0 Å². The Bertz CT molecular complexity index is 1130. The number of alkyl halides is 3.